The molecular formula is C22H33N5O. The lowest BCUT2D eigenvalue weighted by Gasteiger charge is -2.36. The van der Waals surface area contributed by atoms with Crippen molar-refractivity contribution in [2.24, 2.45) is 0 Å². The second-order valence-corrected chi connectivity index (χ2v) is 8.50. The zero-order valence-electron chi connectivity index (χ0n) is 17.5. The Morgan fingerprint density at radius 2 is 1.96 bits per heavy atom. The Morgan fingerprint density at radius 3 is 2.64 bits per heavy atom. The Labute approximate surface area is 168 Å². The number of ether oxygens (including phenoxy) is 1. The molecule has 0 saturated carbocycles. The van der Waals surface area contributed by atoms with Crippen molar-refractivity contribution in [3.63, 3.8) is 0 Å². The summed E-state index contributed by atoms with van der Waals surface area (Å²) in [6.45, 7) is 6.09. The zero-order valence-corrected chi connectivity index (χ0v) is 17.5. The minimum Gasteiger partial charge on any atom is -0.376 e. The highest BCUT2D eigenvalue weighted by Gasteiger charge is 2.21. The van der Waals surface area contributed by atoms with Gasteiger partial charge in [-0.25, -0.2) is 4.68 Å². The van der Waals surface area contributed by atoms with Gasteiger partial charge in [0.25, 0.3) is 0 Å². The summed E-state index contributed by atoms with van der Waals surface area (Å²) in [6, 6.07) is 7.45. The van der Waals surface area contributed by atoms with Gasteiger partial charge in [0, 0.05) is 37.0 Å². The largest absolute Gasteiger partial charge is 0.376 e. The maximum absolute atomic E-state index is 5.83. The van der Waals surface area contributed by atoms with Gasteiger partial charge in [0.1, 0.15) is 5.69 Å². The quantitative estimate of drug-likeness (QED) is 0.792. The molecule has 0 aliphatic carbocycles. The van der Waals surface area contributed by atoms with Crippen LogP contribution in [0, 0.1) is 6.92 Å². The minimum atomic E-state index is 0.275. The number of piperidine rings is 1. The van der Waals surface area contributed by atoms with Crippen LogP contribution in [0.25, 0.3) is 11.3 Å². The van der Waals surface area contributed by atoms with Crippen LogP contribution in [0.1, 0.15) is 37.7 Å². The van der Waals surface area contributed by atoms with E-state index >= 15 is 0 Å². The van der Waals surface area contributed by atoms with E-state index in [4.69, 9.17) is 4.74 Å². The number of aryl methyl sites for hydroxylation is 1. The number of aromatic nitrogens is 3. The first kappa shape index (κ1) is 19.4. The molecule has 28 heavy (non-hydrogen) atoms. The molecule has 4 rings (SSSR count). The number of rotatable bonds is 5. The van der Waals surface area contributed by atoms with Crippen LogP contribution >= 0.6 is 0 Å². The summed E-state index contributed by atoms with van der Waals surface area (Å²) >= 11 is 0. The summed E-state index contributed by atoms with van der Waals surface area (Å²) in [5.74, 6) is 0. The standard InChI is InChI=1S/C22H33N5O/c1-17-14-19(26-11-9-18(10-12-26)25(2)3)7-8-21(17)22-16-27(24-23-22)15-20-6-4-5-13-28-20/h7-8,14,16,18,20H,4-6,9-13,15H2,1-3H3. The fourth-order valence-electron chi connectivity index (χ4n) is 4.44. The molecule has 0 radical (unpaired) electrons. The fraction of sp³-hybridized carbons (Fsp3) is 0.636. The third-order valence-electron chi connectivity index (χ3n) is 6.25. The maximum atomic E-state index is 5.83. The van der Waals surface area contributed by atoms with Gasteiger partial charge in [-0.05, 0) is 70.8 Å². The van der Waals surface area contributed by atoms with Gasteiger partial charge in [0.2, 0.25) is 0 Å². The van der Waals surface area contributed by atoms with Crippen LogP contribution in [0.5, 0.6) is 0 Å². The van der Waals surface area contributed by atoms with Gasteiger partial charge in [-0.1, -0.05) is 11.3 Å². The van der Waals surface area contributed by atoms with Gasteiger partial charge in [-0.2, -0.15) is 0 Å². The van der Waals surface area contributed by atoms with Crippen molar-refractivity contribution in [1.82, 2.24) is 19.9 Å². The van der Waals surface area contributed by atoms with Crippen LogP contribution in [0.2, 0.25) is 0 Å². The summed E-state index contributed by atoms with van der Waals surface area (Å²) < 4.78 is 7.76. The number of hydrogen-bond donors (Lipinski definition) is 0. The van der Waals surface area contributed by atoms with Gasteiger partial charge < -0.3 is 14.5 Å². The minimum absolute atomic E-state index is 0.275. The van der Waals surface area contributed by atoms with E-state index < -0.39 is 0 Å². The average Bonchev–Trinajstić information content (AvgIpc) is 3.17. The summed E-state index contributed by atoms with van der Waals surface area (Å²) in [5.41, 5.74) is 4.70. The number of anilines is 1. The molecule has 1 atom stereocenters. The van der Waals surface area contributed by atoms with E-state index in [9.17, 15) is 0 Å². The van der Waals surface area contributed by atoms with Gasteiger partial charge >= 0.3 is 0 Å². The second-order valence-electron chi connectivity index (χ2n) is 8.50. The topological polar surface area (TPSA) is 46.4 Å². The highest BCUT2D eigenvalue weighted by atomic mass is 16.5. The van der Waals surface area contributed by atoms with E-state index in [0.717, 1.165) is 38.4 Å². The predicted molar refractivity (Wildman–Crippen MR) is 113 cm³/mol. The molecule has 0 bridgehead atoms. The van der Waals surface area contributed by atoms with Crippen LogP contribution < -0.4 is 4.90 Å². The Hall–Kier alpha value is -1.92. The molecule has 6 nitrogen and oxygen atoms in total. The van der Waals surface area contributed by atoms with Crippen molar-refractivity contribution in [3.05, 3.63) is 30.0 Å². The molecule has 1 aromatic carbocycles. The van der Waals surface area contributed by atoms with Gasteiger partial charge in [-0.3, -0.25) is 0 Å². The molecule has 1 aromatic heterocycles. The molecule has 2 aliphatic rings. The molecule has 6 heteroatoms. The molecule has 152 valence electrons. The van der Waals surface area contributed by atoms with Crippen molar-refractivity contribution in [2.45, 2.75) is 57.7 Å². The zero-order chi connectivity index (χ0) is 19.5. The lowest BCUT2D eigenvalue weighted by molar-refractivity contribution is 0.00370. The fourth-order valence-corrected chi connectivity index (χ4v) is 4.44. The second kappa shape index (κ2) is 8.62. The Bertz CT molecular complexity index is 773. The third kappa shape index (κ3) is 4.39. The Morgan fingerprint density at radius 1 is 1.14 bits per heavy atom. The van der Waals surface area contributed by atoms with Crippen LogP contribution in [-0.2, 0) is 11.3 Å². The van der Waals surface area contributed by atoms with Crippen LogP contribution in [0.15, 0.2) is 24.4 Å². The van der Waals surface area contributed by atoms with Crippen LogP contribution in [0.3, 0.4) is 0 Å². The first-order chi connectivity index (χ1) is 13.6. The molecule has 0 amide bonds. The van der Waals surface area contributed by atoms with Crippen molar-refractivity contribution in [2.75, 3.05) is 38.7 Å². The van der Waals surface area contributed by atoms with E-state index in [1.807, 2.05) is 4.68 Å². The first-order valence-electron chi connectivity index (χ1n) is 10.6. The number of hydrogen-bond acceptors (Lipinski definition) is 5. The van der Waals surface area contributed by atoms with Crippen molar-refractivity contribution >= 4 is 5.69 Å². The SMILES string of the molecule is Cc1cc(N2CCC(N(C)C)CC2)ccc1-c1cn(CC2CCCCO2)nn1. The molecule has 2 saturated heterocycles. The average molecular weight is 384 g/mol. The summed E-state index contributed by atoms with van der Waals surface area (Å²) in [5, 5.41) is 8.76. The third-order valence-corrected chi connectivity index (χ3v) is 6.25. The normalized spacial score (nSPS) is 21.4. The molecule has 2 fully saturated rings. The molecule has 1 unspecified atom stereocenters. The van der Waals surface area contributed by atoms with E-state index in [-0.39, 0.29) is 6.10 Å². The van der Waals surface area contributed by atoms with Gasteiger partial charge in [-0.15, -0.1) is 5.10 Å². The Kier molecular flexibility index (Phi) is 5.97. The molecule has 2 aliphatic heterocycles. The van der Waals surface area contributed by atoms with E-state index in [2.05, 4.69) is 65.5 Å². The van der Waals surface area contributed by atoms with Crippen LogP contribution in [-0.4, -0.2) is 65.8 Å². The van der Waals surface area contributed by atoms with E-state index in [1.54, 1.807) is 0 Å². The number of nitrogens with zero attached hydrogens (tertiary/aromatic N) is 5. The van der Waals surface area contributed by atoms with E-state index in [1.165, 1.54) is 42.5 Å². The highest BCUT2D eigenvalue weighted by Crippen LogP contribution is 2.28. The molecule has 3 heterocycles. The van der Waals surface area contributed by atoms with Gasteiger partial charge in [0.05, 0.1) is 18.8 Å². The molecule has 2 aromatic rings. The summed E-state index contributed by atoms with van der Waals surface area (Å²) in [6.07, 6.45) is 8.33. The monoisotopic (exact) mass is 383 g/mol. The lowest BCUT2D eigenvalue weighted by atomic mass is 10.0. The lowest BCUT2D eigenvalue weighted by Crippen LogP contribution is -2.42. The highest BCUT2D eigenvalue weighted by molar-refractivity contribution is 5.67. The first-order valence-corrected chi connectivity index (χ1v) is 10.6. The van der Waals surface area contributed by atoms with Crippen LogP contribution in [0.4, 0.5) is 5.69 Å². The van der Waals surface area contributed by atoms with Crippen molar-refractivity contribution in [3.8, 4) is 11.3 Å². The smallest absolute Gasteiger partial charge is 0.113 e. The van der Waals surface area contributed by atoms with Crippen molar-refractivity contribution < 1.29 is 4.74 Å². The predicted octanol–water partition coefficient (Wildman–Crippen LogP) is 3.35. The molecule has 0 spiro atoms. The van der Waals surface area contributed by atoms with E-state index in [0.29, 0.717) is 6.04 Å². The number of benzene rings is 1. The summed E-state index contributed by atoms with van der Waals surface area (Å²) in [4.78, 5) is 4.86. The molecule has 0 N–H and O–H groups in total. The van der Waals surface area contributed by atoms with Gasteiger partial charge in [0.15, 0.2) is 0 Å². The van der Waals surface area contributed by atoms with Crippen molar-refractivity contribution in [1.29, 1.82) is 0 Å². The Balaban J connectivity index is 1.42. The molecular weight excluding hydrogens is 350 g/mol. The summed E-state index contributed by atoms with van der Waals surface area (Å²) in [7, 11) is 4.37. The maximum Gasteiger partial charge on any atom is 0.113 e.